The number of anilines is 1. The summed E-state index contributed by atoms with van der Waals surface area (Å²) in [5, 5.41) is 0.447. The molecule has 0 atom stereocenters. The minimum Gasteiger partial charge on any atom is -0.464 e. The van der Waals surface area contributed by atoms with Crippen molar-refractivity contribution in [1.82, 2.24) is 4.98 Å². The van der Waals surface area contributed by atoms with Crippen LogP contribution < -0.4 is 18.9 Å². The fraction of sp³-hybridized carbons (Fsp3) is 0.160. The normalized spacial score (nSPS) is 11.4. The summed E-state index contributed by atoms with van der Waals surface area (Å²) in [6.45, 7) is -0.121. The Balaban J connectivity index is 1.63. The molecule has 13 heteroatoms. The van der Waals surface area contributed by atoms with Crippen molar-refractivity contribution in [3.05, 3.63) is 78.2 Å². The second-order valence-electron chi connectivity index (χ2n) is 7.63. The van der Waals surface area contributed by atoms with Crippen LogP contribution in [0.2, 0.25) is 0 Å². The maximum atomic E-state index is 14.9. The topological polar surface area (TPSA) is 105 Å². The molecular weight excluding hydrogens is 529 g/mol. The van der Waals surface area contributed by atoms with Crippen LogP contribution >= 0.6 is 0 Å². The lowest BCUT2D eigenvalue weighted by molar-refractivity contribution is 0.0324. The summed E-state index contributed by atoms with van der Waals surface area (Å²) in [5.41, 5.74) is 0.169. The second-order valence-corrected chi connectivity index (χ2v) is 9.25. The van der Waals surface area contributed by atoms with Crippen LogP contribution in [0.1, 0.15) is 0 Å². The molecule has 4 rings (SSSR count). The monoisotopic (exact) mass is 550 g/mol. The molecule has 0 aliphatic carbocycles. The van der Waals surface area contributed by atoms with Crippen molar-refractivity contribution in [2.75, 3.05) is 32.5 Å². The highest BCUT2D eigenvalue weighted by atomic mass is 32.2. The Morgan fingerprint density at radius 1 is 0.789 bits per heavy atom. The first-order valence-electron chi connectivity index (χ1n) is 10.8. The van der Waals surface area contributed by atoms with Gasteiger partial charge < -0.3 is 23.7 Å². The van der Waals surface area contributed by atoms with Crippen molar-refractivity contribution in [3.8, 4) is 23.0 Å². The van der Waals surface area contributed by atoms with E-state index < -0.39 is 32.4 Å². The van der Waals surface area contributed by atoms with Crippen molar-refractivity contribution in [2.24, 2.45) is 0 Å². The molecule has 0 bridgehead atoms. The maximum Gasteiger partial charge on any atom is 0.267 e. The highest BCUT2D eigenvalue weighted by Gasteiger charge is 2.24. The van der Waals surface area contributed by atoms with Gasteiger partial charge in [0.2, 0.25) is 0 Å². The molecule has 0 amide bonds. The molecule has 0 radical (unpaired) electrons. The van der Waals surface area contributed by atoms with Crippen molar-refractivity contribution < 1.29 is 45.3 Å². The van der Waals surface area contributed by atoms with E-state index >= 15 is 0 Å². The number of nitrogens with zero attached hydrogens (tertiary/aromatic N) is 1. The standard InChI is InChI=1S/C25H21F3N2O7S/c1-33-13-35-23-11-16-20(12-24(23)36-14-34-2)29-9-8-21(16)37-22-7-6-15(10-19(22)28)30-38(31,32)25-17(26)4-3-5-18(25)27/h3-12,30H,13-14H2,1-2H3. The zero-order valence-corrected chi connectivity index (χ0v) is 20.9. The SMILES string of the molecule is COCOc1cc2nccc(Oc3ccc(NS(=O)(=O)c4c(F)cccc4F)cc3F)c2cc1OCOC. The zero-order chi connectivity index (χ0) is 27.3. The molecule has 0 aliphatic heterocycles. The summed E-state index contributed by atoms with van der Waals surface area (Å²) in [5.74, 6) is -2.94. The van der Waals surface area contributed by atoms with Gasteiger partial charge in [-0.2, -0.15) is 0 Å². The largest absolute Gasteiger partial charge is 0.464 e. The van der Waals surface area contributed by atoms with Crippen LogP contribution in [0.3, 0.4) is 0 Å². The van der Waals surface area contributed by atoms with Gasteiger partial charge in [0, 0.05) is 37.9 Å². The third-order valence-corrected chi connectivity index (χ3v) is 6.46. The molecule has 4 aromatic rings. The van der Waals surface area contributed by atoms with Gasteiger partial charge in [-0.05, 0) is 36.4 Å². The average molecular weight is 551 g/mol. The molecule has 3 aromatic carbocycles. The lowest BCUT2D eigenvalue weighted by atomic mass is 10.2. The number of methoxy groups -OCH3 is 2. The lowest BCUT2D eigenvalue weighted by Gasteiger charge is -2.15. The molecule has 0 spiro atoms. The molecule has 1 N–H and O–H groups in total. The lowest BCUT2D eigenvalue weighted by Crippen LogP contribution is -2.16. The quantitative estimate of drug-likeness (QED) is 0.254. The summed E-state index contributed by atoms with van der Waals surface area (Å²) in [7, 11) is -1.76. The zero-order valence-electron chi connectivity index (χ0n) is 20.0. The molecular formula is C25H21F3N2O7S. The summed E-state index contributed by atoms with van der Waals surface area (Å²) < 4.78 is 96.5. The first-order chi connectivity index (χ1) is 18.2. The van der Waals surface area contributed by atoms with Gasteiger partial charge >= 0.3 is 0 Å². The number of aromatic nitrogens is 1. The Labute approximate surface area is 215 Å². The first kappa shape index (κ1) is 27.0. The number of benzene rings is 3. The van der Waals surface area contributed by atoms with E-state index in [2.05, 4.69) is 4.98 Å². The van der Waals surface area contributed by atoms with Crippen LogP contribution in [0.5, 0.6) is 23.0 Å². The highest BCUT2D eigenvalue weighted by Crippen LogP contribution is 2.38. The van der Waals surface area contributed by atoms with E-state index in [0.717, 1.165) is 30.3 Å². The fourth-order valence-corrected chi connectivity index (χ4v) is 4.59. The van der Waals surface area contributed by atoms with Gasteiger partial charge in [0.25, 0.3) is 10.0 Å². The number of rotatable bonds is 11. The Morgan fingerprint density at radius 2 is 1.45 bits per heavy atom. The minimum atomic E-state index is -4.68. The summed E-state index contributed by atoms with van der Waals surface area (Å²) in [6, 6.07) is 10.4. The van der Waals surface area contributed by atoms with Gasteiger partial charge in [0.1, 0.15) is 17.4 Å². The predicted octanol–water partition coefficient (Wildman–Crippen LogP) is 5.21. The molecule has 0 fully saturated rings. The fourth-order valence-electron chi connectivity index (χ4n) is 3.40. The predicted molar refractivity (Wildman–Crippen MR) is 130 cm³/mol. The molecule has 0 saturated carbocycles. The van der Waals surface area contributed by atoms with Crippen LogP contribution in [0.15, 0.2) is 65.7 Å². The molecule has 200 valence electrons. The van der Waals surface area contributed by atoms with Crippen LogP contribution in [-0.4, -0.2) is 41.2 Å². The van der Waals surface area contributed by atoms with E-state index in [-0.39, 0.29) is 30.8 Å². The van der Waals surface area contributed by atoms with E-state index in [1.165, 1.54) is 32.5 Å². The van der Waals surface area contributed by atoms with Crippen LogP contribution in [0.4, 0.5) is 18.9 Å². The number of sulfonamides is 1. The Morgan fingerprint density at radius 3 is 2.08 bits per heavy atom. The van der Waals surface area contributed by atoms with Crippen molar-refractivity contribution in [2.45, 2.75) is 4.90 Å². The molecule has 0 saturated heterocycles. The molecule has 1 aromatic heterocycles. The van der Waals surface area contributed by atoms with Gasteiger partial charge in [-0.15, -0.1) is 0 Å². The van der Waals surface area contributed by atoms with Crippen molar-refractivity contribution in [1.29, 1.82) is 0 Å². The molecule has 0 aliphatic rings. The van der Waals surface area contributed by atoms with E-state index in [0.29, 0.717) is 22.4 Å². The van der Waals surface area contributed by atoms with Gasteiger partial charge in [-0.3, -0.25) is 9.71 Å². The number of ether oxygens (including phenoxy) is 5. The number of nitrogens with one attached hydrogen (secondary N) is 1. The van der Waals surface area contributed by atoms with Gasteiger partial charge in [0.05, 0.1) is 11.2 Å². The van der Waals surface area contributed by atoms with Gasteiger partial charge in [-0.1, -0.05) is 6.07 Å². The minimum absolute atomic E-state index is 0.0457. The first-order valence-corrected chi connectivity index (χ1v) is 12.3. The Kier molecular flexibility index (Phi) is 8.20. The van der Waals surface area contributed by atoms with Crippen molar-refractivity contribution in [3.63, 3.8) is 0 Å². The Hall–Kier alpha value is -4.07. The van der Waals surface area contributed by atoms with Crippen LogP contribution in [-0.2, 0) is 19.5 Å². The summed E-state index contributed by atoms with van der Waals surface area (Å²) >= 11 is 0. The van der Waals surface area contributed by atoms with E-state index in [1.807, 2.05) is 4.72 Å². The van der Waals surface area contributed by atoms with Crippen molar-refractivity contribution >= 4 is 26.6 Å². The van der Waals surface area contributed by atoms with Gasteiger partial charge in [-0.25, -0.2) is 21.6 Å². The van der Waals surface area contributed by atoms with E-state index in [4.69, 9.17) is 23.7 Å². The highest BCUT2D eigenvalue weighted by molar-refractivity contribution is 7.92. The number of pyridine rings is 1. The summed E-state index contributed by atoms with van der Waals surface area (Å²) in [4.78, 5) is 3.10. The van der Waals surface area contributed by atoms with Crippen LogP contribution in [0.25, 0.3) is 10.9 Å². The molecule has 9 nitrogen and oxygen atoms in total. The van der Waals surface area contributed by atoms with E-state index in [9.17, 15) is 21.6 Å². The van der Waals surface area contributed by atoms with Crippen LogP contribution in [0, 0.1) is 17.5 Å². The number of hydrogen-bond donors (Lipinski definition) is 1. The van der Waals surface area contributed by atoms with E-state index in [1.54, 1.807) is 12.1 Å². The Bertz CT molecular complexity index is 1550. The number of fused-ring (bicyclic) bond motifs is 1. The molecule has 1 heterocycles. The third-order valence-electron chi connectivity index (χ3n) is 5.02. The smallest absolute Gasteiger partial charge is 0.267 e. The summed E-state index contributed by atoms with van der Waals surface area (Å²) in [6.07, 6.45) is 1.44. The average Bonchev–Trinajstić information content (AvgIpc) is 2.87. The maximum absolute atomic E-state index is 14.9. The molecule has 38 heavy (non-hydrogen) atoms. The number of halogens is 3. The number of hydrogen-bond acceptors (Lipinski definition) is 8. The third kappa shape index (κ3) is 5.90. The second kappa shape index (κ2) is 11.5. The molecule has 0 unspecified atom stereocenters. The van der Waals surface area contributed by atoms with Gasteiger partial charge in [0.15, 0.2) is 41.5 Å².